The minimum absolute atomic E-state index is 0.357. The van der Waals surface area contributed by atoms with Gasteiger partial charge in [0.05, 0.1) is 6.04 Å². The van der Waals surface area contributed by atoms with Gasteiger partial charge in [-0.2, -0.15) is 0 Å². The fraction of sp³-hybridized carbons (Fsp3) is 0.280. The molecule has 4 aromatic rings. The van der Waals surface area contributed by atoms with Crippen molar-refractivity contribution in [3.05, 3.63) is 78.4 Å². The average Bonchev–Trinajstić information content (AvgIpc) is 3.01. The summed E-state index contributed by atoms with van der Waals surface area (Å²) in [6.45, 7) is 4.63. The Hall–Kier alpha value is -2.74. The van der Waals surface area contributed by atoms with Gasteiger partial charge in [0, 0.05) is 33.5 Å². The zero-order valence-electron chi connectivity index (χ0n) is 16.0. The van der Waals surface area contributed by atoms with Crippen molar-refractivity contribution in [2.75, 3.05) is 5.32 Å². The highest BCUT2D eigenvalue weighted by Gasteiger charge is 2.29. The number of anilines is 1. The lowest BCUT2D eigenvalue weighted by Crippen LogP contribution is -2.32. The number of para-hydroxylation sites is 3. The van der Waals surface area contributed by atoms with Crippen LogP contribution in [0.25, 0.3) is 21.8 Å². The van der Waals surface area contributed by atoms with Crippen LogP contribution in [0.3, 0.4) is 0 Å². The molecular formula is C25H26N2. The van der Waals surface area contributed by atoms with Gasteiger partial charge in [0.1, 0.15) is 0 Å². The van der Waals surface area contributed by atoms with Crippen LogP contribution in [-0.2, 0) is 0 Å². The third-order valence-electron chi connectivity index (χ3n) is 5.87. The molecule has 3 aromatic carbocycles. The van der Waals surface area contributed by atoms with Crippen LogP contribution in [0.1, 0.15) is 38.3 Å². The number of benzene rings is 3. The van der Waals surface area contributed by atoms with E-state index in [1.807, 2.05) is 0 Å². The summed E-state index contributed by atoms with van der Waals surface area (Å²) < 4.78 is 2.58. The number of nitrogens with zero attached hydrogens (tertiary/aromatic N) is 1. The van der Waals surface area contributed by atoms with Gasteiger partial charge in [-0.1, -0.05) is 68.4 Å². The minimum atomic E-state index is 0.357. The molecule has 2 unspecified atom stereocenters. The number of hydrogen-bond acceptors (Lipinski definition) is 1. The van der Waals surface area contributed by atoms with Crippen LogP contribution in [0.2, 0.25) is 0 Å². The lowest BCUT2D eigenvalue weighted by atomic mass is 9.88. The molecule has 2 nitrogen and oxygen atoms in total. The van der Waals surface area contributed by atoms with Gasteiger partial charge in [-0.05, 0) is 42.5 Å². The molecule has 27 heavy (non-hydrogen) atoms. The van der Waals surface area contributed by atoms with E-state index in [-0.39, 0.29) is 0 Å². The largest absolute Gasteiger partial charge is 0.382 e. The van der Waals surface area contributed by atoms with Gasteiger partial charge in [0.25, 0.3) is 0 Å². The number of nitrogens with one attached hydrogen (secondary N) is 1. The minimum Gasteiger partial charge on any atom is -0.382 e. The average molecular weight is 354 g/mol. The van der Waals surface area contributed by atoms with E-state index in [2.05, 4.69) is 96.5 Å². The summed E-state index contributed by atoms with van der Waals surface area (Å²) in [6.07, 6.45) is 2.32. The Labute approximate surface area is 160 Å². The molecule has 2 heteroatoms. The molecular weight excluding hydrogens is 328 g/mol. The lowest BCUT2D eigenvalue weighted by Gasteiger charge is -2.35. The van der Waals surface area contributed by atoms with Crippen molar-refractivity contribution in [3.8, 4) is 0 Å². The van der Waals surface area contributed by atoms with Gasteiger partial charge in [-0.25, -0.2) is 0 Å². The first-order valence-electron chi connectivity index (χ1n) is 10.1. The number of rotatable bonds is 3. The normalized spacial score (nSPS) is 19.4. The summed E-state index contributed by atoms with van der Waals surface area (Å²) in [7, 11) is 0. The molecule has 1 aliphatic heterocycles. The van der Waals surface area contributed by atoms with Crippen LogP contribution in [0, 0.1) is 5.92 Å². The second kappa shape index (κ2) is 6.45. The van der Waals surface area contributed by atoms with Crippen molar-refractivity contribution < 1.29 is 0 Å². The second-order valence-corrected chi connectivity index (χ2v) is 8.21. The van der Waals surface area contributed by atoms with Crippen molar-refractivity contribution >= 4 is 27.5 Å². The van der Waals surface area contributed by atoms with E-state index >= 15 is 0 Å². The van der Waals surface area contributed by atoms with Gasteiger partial charge in [-0.3, -0.25) is 0 Å². The van der Waals surface area contributed by atoms with Crippen molar-refractivity contribution in [1.82, 2.24) is 4.57 Å². The highest BCUT2D eigenvalue weighted by molar-refractivity contribution is 6.08. The third-order valence-corrected chi connectivity index (χ3v) is 5.87. The van der Waals surface area contributed by atoms with Crippen LogP contribution in [0.15, 0.2) is 72.8 Å². The maximum absolute atomic E-state index is 3.80. The first-order valence-corrected chi connectivity index (χ1v) is 10.1. The number of aromatic nitrogens is 1. The van der Waals surface area contributed by atoms with Crippen molar-refractivity contribution in [2.45, 2.75) is 38.8 Å². The van der Waals surface area contributed by atoms with Gasteiger partial charge in [0.2, 0.25) is 0 Å². The SMILES string of the molecule is CC(C)CC1CC(n2c3ccccc3c3ccccc32)c2ccccc2N1. The molecule has 2 atom stereocenters. The zero-order valence-corrected chi connectivity index (χ0v) is 16.0. The predicted molar refractivity (Wildman–Crippen MR) is 116 cm³/mol. The molecule has 5 rings (SSSR count). The lowest BCUT2D eigenvalue weighted by molar-refractivity contribution is 0.430. The van der Waals surface area contributed by atoms with E-state index in [9.17, 15) is 0 Å². The summed E-state index contributed by atoms with van der Waals surface area (Å²) in [5, 5.41) is 6.51. The Kier molecular flexibility index (Phi) is 3.93. The topological polar surface area (TPSA) is 17.0 Å². The van der Waals surface area contributed by atoms with E-state index in [1.165, 1.54) is 39.5 Å². The van der Waals surface area contributed by atoms with E-state index < -0.39 is 0 Å². The van der Waals surface area contributed by atoms with Crippen LogP contribution in [-0.4, -0.2) is 10.6 Å². The molecule has 0 bridgehead atoms. The first kappa shape index (κ1) is 16.4. The molecule has 136 valence electrons. The van der Waals surface area contributed by atoms with Gasteiger partial charge < -0.3 is 9.88 Å². The van der Waals surface area contributed by atoms with Gasteiger partial charge in [0.15, 0.2) is 0 Å². The summed E-state index contributed by atoms with van der Waals surface area (Å²) in [6, 6.07) is 27.4. The number of fused-ring (bicyclic) bond motifs is 4. The molecule has 0 spiro atoms. The summed E-state index contributed by atoms with van der Waals surface area (Å²) in [5.74, 6) is 0.687. The number of hydrogen-bond donors (Lipinski definition) is 1. The van der Waals surface area contributed by atoms with Gasteiger partial charge >= 0.3 is 0 Å². The summed E-state index contributed by atoms with van der Waals surface area (Å²) >= 11 is 0. The fourth-order valence-electron chi connectivity index (χ4n) is 4.85. The fourth-order valence-corrected chi connectivity index (χ4v) is 4.85. The Bertz CT molecular complexity index is 1050. The first-order chi connectivity index (χ1) is 13.2. The molecule has 0 fully saturated rings. The van der Waals surface area contributed by atoms with E-state index in [4.69, 9.17) is 0 Å². The molecule has 1 aliphatic rings. The van der Waals surface area contributed by atoms with Crippen molar-refractivity contribution in [2.24, 2.45) is 5.92 Å². The molecule has 0 saturated carbocycles. The maximum atomic E-state index is 3.80. The molecule has 1 N–H and O–H groups in total. The Morgan fingerprint density at radius 2 is 1.44 bits per heavy atom. The molecule has 2 heterocycles. The zero-order chi connectivity index (χ0) is 18.4. The quantitative estimate of drug-likeness (QED) is 0.438. The van der Waals surface area contributed by atoms with Gasteiger partial charge in [-0.15, -0.1) is 0 Å². The van der Waals surface area contributed by atoms with E-state index in [1.54, 1.807) is 0 Å². The summed E-state index contributed by atoms with van der Waals surface area (Å²) in [4.78, 5) is 0. The van der Waals surface area contributed by atoms with E-state index in [0.717, 1.165) is 6.42 Å². The third kappa shape index (κ3) is 2.71. The standard InChI is InChI=1S/C25H26N2/c1-17(2)15-18-16-25(21-11-3-6-12-22(21)26-18)27-23-13-7-4-9-19(23)20-10-5-8-14-24(20)27/h3-14,17-18,25-26H,15-16H2,1-2H3. The highest BCUT2D eigenvalue weighted by Crippen LogP contribution is 2.41. The Balaban J connectivity index is 1.75. The van der Waals surface area contributed by atoms with Crippen molar-refractivity contribution in [1.29, 1.82) is 0 Å². The second-order valence-electron chi connectivity index (χ2n) is 8.21. The maximum Gasteiger partial charge on any atom is 0.0631 e. The smallest absolute Gasteiger partial charge is 0.0631 e. The monoisotopic (exact) mass is 354 g/mol. The molecule has 1 aromatic heterocycles. The highest BCUT2D eigenvalue weighted by atomic mass is 15.1. The Morgan fingerprint density at radius 1 is 0.852 bits per heavy atom. The molecule has 0 radical (unpaired) electrons. The molecule has 0 saturated heterocycles. The summed E-state index contributed by atoms with van der Waals surface area (Å²) in [5.41, 5.74) is 5.37. The predicted octanol–water partition coefficient (Wildman–Crippen LogP) is 6.61. The van der Waals surface area contributed by atoms with E-state index in [0.29, 0.717) is 18.0 Å². The van der Waals surface area contributed by atoms with Crippen LogP contribution >= 0.6 is 0 Å². The van der Waals surface area contributed by atoms with Crippen LogP contribution in [0.4, 0.5) is 5.69 Å². The van der Waals surface area contributed by atoms with Crippen LogP contribution < -0.4 is 5.32 Å². The van der Waals surface area contributed by atoms with Crippen molar-refractivity contribution in [3.63, 3.8) is 0 Å². The molecule has 0 amide bonds. The van der Waals surface area contributed by atoms with Crippen LogP contribution in [0.5, 0.6) is 0 Å². The molecule has 0 aliphatic carbocycles. The Morgan fingerprint density at radius 3 is 2.11 bits per heavy atom.